The molecule has 7 heteroatoms. The maximum atomic E-state index is 9.19. The topological polar surface area (TPSA) is 72.0 Å². The second kappa shape index (κ2) is 12.7. The Hall–Kier alpha value is -1.85. The summed E-state index contributed by atoms with van der Waals surface area (Å²) in [6.07, 6.45) is 5.04. The van der Waals surface area contributed by atoms with Gasteiger partial charge in [0.1, 0.15) is 12.4 Å². The van der Waals surface area contributed by atoms with E-state index in [4.69, 9.17) is 32.9 Å². The third-order valence-electron chi connectivity index (χ3n) is 2.59. The van der Waals surface area contributed by atoms with Crippen LogP contribution in [0.25, 0.3) is 0 Å². The summed E-state index contributed by atoms with van der Waals surface area (Å²) in [6.45, 7) is 3.44. The maximum Gasteiger partial charge on any atom is 0.170 e. The van der Waals surface area contributed by atoms with E-state index in [1.807, 2.05) is 0 Å². The molecule has 0 aliphatic carbocycles. The summed E-state index contributed by atoms with van der Waals surface area (Å²) in [5.74, 6) is 2.60. The molecule has 0 bridgehead atoms. The van der Waals surface area contributed by atoms with Gasteiger partial charge in [0.05, 0.1) is 33.0 Å². The summed E-state index contributed by atoms with van der Waals surface area (Å²) >= 11 is 5.15. The van der Waals surface area contributed by atoms with Crippen molar-refractivity contribution in [3.8, 4) is 18.1 Å². The third kappa shape index (κ3) is 10.5. The fraction of sp³-hybridized carbons (Fsp3) is 0.438. The Balaban J connectivity index is 1.91. The highest BCUT2D eigenvalue weighted by Crippen LogP contribution is 2.13. The van der Waals surface area contributed by atoms with E-state index >= 15 is 0 Å². The smallest absolute Gasteiger partial charge is 0.170 e. The third-order valence-corrected chi connectivity index (χ3v) is 2.83. The predicted octanol–water partition coefficient (Wildman–Crippen LogP) is 1.36. The lowest BCUT2D eigenvalue weighted by molar-refractivity contribution is 0.0215. The summed E-state index contributed by atoms with van der Waals surface area (Å²) < 4.78 is 15.8. The Labute approximate surface area is 142 Å². The number of aromatic hydroxyl groups is 1. The first kappa shape index (κ1) is 19.2. The molecule has 3 N–H and O–H groups in total. The van der Waals surface area contributed by atoms with Crippen LogP contribution < -0.4 is 10.6 Å². The van der Waals surface area contributed by atoms with Crippen LogP contribution >= 0.6 is 12.2 Å². The molecule has 1 aromatic carbocycles. The van der Waals surface area contributed by atoms with Gasteiger partial charge in [-0.25, -0.2) is 0 Å². The van der Waals surface area contributed by atoms with Crippen LogP contribution in [0.1, 0.15) is 0 Å². The monoisotopic (exact) mass is 338 g/mol. The lowest BCUT2D eigenvalue weighted by atomic mass is 10.3. The molecule has 0 atom stereocenters. The fourth-order valence-corrected chi connectivity index (χ4v) is 1.75. The van der Waals surface area contributed by atoms with Crippen LogP contribution in [0.3, 0.4) is 0 Å². The van der Waals surface area contributed by atoms with E-state index in [0.717, 1.165) is 5.69 Å². The van der Waals surface area contributed by atoms with Crippen LogP contribution in [0.4, 0.5) is 5.69 Å². The van der Waals surface area contributed by atoms with E-state index in [0.29, 0.717) is 51.3 Å². The molecular formula is C16H22N2O4S. The molecule has 0 aromatic heterocycles. The first-order valence-electron chi connectivity index (χ1n) is 7.23. The average Bonchev–Trinajstić information content (AvgIpc) is 2.55. The highest BCUT2D eigenvalue weighted by atomic mass is 32.1. The molecule has 0 aliphatic rings. The summed E-state index contributed by atoms with van der Waals surface area (Å²) in [7, 11) is 0. The van der Waals surface area contributed by atoms with Crippen LogP contribution in [0.2, 0.25) is 0 Å². The minimum Gasteiger partial charge on any atom is -0.508 e. The molecule has 6 nitrogen and oxygen atoms in total. The molecule has 23 heavy (non-hydrogen) atoms. The van der Waals surface area contributed by atoms with Crippen molar-refractivity contribution in [3.63, 3.8) is 0 Å². The lowest BCUT2D eigenvalue weighted by Crippen LogP contribution is -2.31. The van der Waals surface area contributed by atoms with Crippen molar-refractivity contribution in [3.05, 3.63) is 24.3 Å². The van der Waals surface area contributed by atoms with Gasteiger partial charge in [-0.3, -0.25) is 0 Å². The van der Waals surface area contributed by atoms with Crippen molar-refractivity contribution in [2.45, 2.75) is 0 Å². The molecule has 0 heterocycles. The minimum absolute atomic E-state index is 0.215. The molecule has 1 rings (SSSR count). The quantitative estimate of drug-likeness (QED) is 0.243. The Morgan fingerprint density at radius 3 is 2.30 bits per heavy atom. The van der Waals surface area contributed by atoms with Crippen molar-refractivity contribution in [2.75, 3.05) is 51.5 Å². The number of rotatable bonds is 11. The van der Waals surface area contributed by atoms with Gasteiger partial charge in [0.2, 0.25) is 0 Å². The minimum atomic E-state index is 0.215. The van der Waals surface area contributed by atoms with Gasteiger partial charge < -0.3 is 30.0 Å². The zero-order chi connectivity index (χ0) is 16.8. The summed E-state index contributed by atoms with van der Waals surface area (Å²) in [5, 5.41) is 15.7. The number of phenols is 1. The van der Waals surface area contributed by atoms with Crippen molar-refractivity contribution < 1.29 is 19.3 Å². The Morgan fingerprint density at radius 2 is 1.65 bits per heavy atom. The van der Waals surface area contributed by atoms with Crippen molar-refractivity contribution in [1.82, 2.24) is 5.32 Å². The first-order chi connectivity index (χ1) is 11.2. The highest BCUT2D eigenvalue weighted by Gasteiger charge is 1.97. The van der Waals surface area contributed by atoms with Crippen molar-refractivity contribution >= 4 is 23.0 Å². The van der Waals surface area contributed by atoms with E-state index in [1.54, 1.807) is 24.3 Å². The number of benzene rings is 1. The van der Waals surface area contributed by atoms with Crippen molar-refractivity contribution in [1.29, 1.82) is 0 Å². The van der Waals surface area contributed by atoms with Crippen LogP contribution in [0, 0.1) is 12.3 Å². The van der Waals surface area contributed by atoms with Gasteiger partial charge >= 0.3 is 0 Å². The lowest BCUT2D eigenvalue weighted by Gasteiger charge is -2.11. The SMILES string of the molecule is C#CCOCCOCCOCCNC(=S)Nc1ccc(O)cc1. The van der Waals surface area contributed by atoms with Crippen molar-refractivity contribution in [2.24, 2.45) is 0 Å². The zero-order valence-corrected chi connectivity index (χ0v) is 13.7. The number of terminal acetylenes is 1. The Bertz CT molecular complexity index is 488. The normalized spacial score (nSPS) is 10.0. The second-order valence-corrected chi connectivity index (χ2v) is 4.82. The molecule has 0 radical (unpaired) electrons. The number of hydrogen-bond donors (Lipinski definition) is 3. The molecule has 0 fully saturated rings. The molecule has 1 aromatic rings. The van der Waals surface area contributed by atoms with Gasteiger partial charge in [-0.05, 0) is 36.5 Å². The summed E-state index contributed by atoms with van der Waals surface area (Å²) in [6, 6.07) is 6.66. The number of anilines is 1. The molecule has 0 spiro atoms. The molecule has 0 saturated heterocycles. The predicted molar refractivity (Wildman–Crippen MR) is 93.6 cm³/mol. The largest absolute Gasteiger partial charge is 0.508 e. The molecule has 0 saturated carbocycles. The zero-order valence-electron chi connectivity index (χ0n) is 12.9. The van der Waals surface area contributed by atoms with E-state index < -0.39 is 0 Å². The van der Waals surface area contributed by atoms with Crippen LogP contribution in [0.15, 0.2) is 24.3 Å². The van der Waals surface area contributed by atoms with E-state index in [9.17, 15) is 5.11 Å². The van der Waals surface area contributed by atoms with Gasteiger partial charge in [-0.15, -0.1) is 6.42 Å². The first-order valence-corrected chi connectivity index (χ1v) is 7.64. The van der Waals surface area contributed by atoms with Gasteiger partial charge in [0.25, 0.3) is 0 Å². The number of thiocarbonyl (C=S) groups is 1. The molecular weight excluding hydrogens is 316 g/mol. The second-order valence-electron chi connectivity index (χ2n) is 4.41. The van der Waals surface area contributed by atoms with Gasteiger partial charge in [-0.1, -0.05) is 5.92 Å². The summed E-state index contributed by atoms with van der Waals surface area (Å²) in [5.41, 5.74) is 0.807. The number of nitrogens with one attached hydrogen (secondary N) is 2. The van der Waals surface area contributed by atoms with E-state index in [-0.39, 0.29) is 5.75 Å². The molecule has 126 valence electrons. The van der Waals surface area contributed by atoms with Crippen LogP contribution in [-0.4, -0.2) is 56.4 Å². The fourth-order valence-electron chi connectivity index (χ4n) is 1.53. The van der Waals surface area contributed by atoms with Gasteiger partial charge in [-0.2, -0.15) is 0 Å². The maximum absolute atomic E-state index is 9.19. The van der Waals surface area contributed by atoms with Gasteiger partial charge in [0.15, 0.2) is 5.11 Å². The molecule has 0 unspecified atom stereocenters. The van der Waals surface area contributed by atoms with E-state index in [1.165, 1.54) is 0 Å². The molecule has 0 aliphatic heterocycles. The standard InChI is InChI=1S/C16H22N2O4S/c1-2-8-20-10-12-22-13-11-21-9-7-17-16(23)18-14-3-5-15(19)6-4-14/h1,3-6,19H,7-13H2,(H2,17,18,23). The number of hydrogen-bond acceptors (Lipinski definition) is 5. The van der Waals surface area contributed by atoms with E-state index in [2.05, 4.69) is 16.6 Å². The molecule has 0 amide bonds. The average molecular weight is 338 g/mol. The van der Waals surface area contributed by atoms with Gasteiger partial charge in [0, 0.05) is 12.2 Å². The number of phenolic OH excluding ortho intramolecular Hbond substituents is 1. The highest BCUT2D eigenvalue weighted by molar-refractivity contribution is 7.80. The summed E-state index contributed by atoms with van der Waals surface area (Å²) in [4.78, 5) is 0. The Kier molecular flexibility index (Phi) is 10.6. The Morgan fingerprint density at radius 1 is 1.04 bits per heavy atom. The number of ether oxygens (including phenoxy) is 3. The van der Waals surface area contributed by atoms with Crippen LogP contribution in [-0.2, 0) is 14.2 Å². The van der Waals surface area contributed by atoms with Crippen LogP contribution in [0.5, 0.6) is 5.75 Å².